The van der Waals surface area contributed by atoms with Crippen LogP contribution in [0.15, 0.2) is 24.3 Å². The van der Waals surface area contributed by atoms with Crippen molar-refractivity contribution in [1.82, 2.24) is 25.3 Å². The summed E-state index contributed by atoms with van der Waals surface area (Å²) in [5.74, 6) is -0.735. The number of hydrogen-bond acceptors (Lipinski definition) is 5. The van der Waals surface area contributed by atoms with Crippen molar-refractivity contribution in [2.24, 2.45) is 0 Å². The smallest absolute Gasteiger partial charge is 0.251 e. The molecule has 2 aromatic rings. The highest BCUT2D eigenvalue weighted by Gasteiger charge is 2.28. The molecule has 1 aromatic heterocycles. The molecule has 1 aromatic carbocycles. The number of fused-ring (bicyclic) bond motifs is 1. The molecule has 4 rings (SSSR count). The van der Waals surface area contributed by atoms with E-state index in [9.17, 15) is 14.3 Å². The Morgan fingerprint density at radius 1 is 1.34 bits per heavy atom. The molecule has 7 nitrogen and oxygen atoms in total. The number of carbonyl (C=O) groups is 1. The number of rotatable bonds is 4. The molecule has 1 fully saturated rings. The fourth-order valence-electron chi connectivity index (χ4n) is 4.26. The minimum atomic E-state index is -0.523. The van der Waals surface area contributed by atoms with Gasteiger partial charge in [-0.15, -0.1) is 0 Å². The molecule has 2 aliphatic rings. The number of likely N-dealkylation sites (tertiary alicyclic amines) is 1. The van der Waals surface area contributed by atoms with Gasteiger partial charge in [0, 0.05) is 44.3 Å². The topological polar surface area (TPSA) is 82.4 Å². The normalized spacial score (nSPS) is 22.7. The number of aryl methyl sites for hydroxylation is 2. The van der Waals surface area contributed by atoms with E-state index >= 15 is 0 Å². The SMILES string of the molecule is Cc1cc(F)cc(C(=O)N[C@H]2C[C@@H](O)CN(Cc3cc4n(n3)CCCNC4)C2)c1. The second kappa shape index (κ2) is 8.61. The zero-order valence-corrected chi connectivity index (χ0v) is 16.7. The Kier molecular flexibility index (Phi) is 5.94. The van der Waals surface area contributed by atoms with Crippen LogP contribution >= 0.6 is 0 Å². The molecule has 8 heteroatoms. The van der Waals surface area contributed by atoms with Crippen LogP contribution in [0.3, 0.4) is 0 Å². The maximum Gasteiger partial charge on any atom is 0.251 e. The second-order valence-corrected chi connectivity index (χ2v) is 8.15. The summed E-state index contributed by atoms with van der Waals surface area (Å²) >= 11 is 0. The van der Waals surface area contributed by atoms with Crippen molar-refractivity contribution in [3.8, 4) is 0 Å². The number of aliphatic hydroxyl groups is 1. The zero-order valence-electron chi connectivity index (χ0n) is 16.7. The number of piperidine rings is 1. The van der Waals surface area contributed by atoms with Gasteiger partial charge in [-0.2, -0.15) is 5.10 Å². The first-order valence-corrected chi connectivity index (χ1v) is 10.2. The van der Waals surface area contributed by atoms with Gasteiger partial charge in [-0.3, -0.25) is 14.4 Å². The van der Waals surface area contributed by atoms with Crippen molar-refractivity contribution in [3.63, 3.8) is 0 Å². The number of aromatic nitrogens is 2. The van der Waals surface area contributed by atoms with Crippen LogP contribution in [-0.4, -0.2) is 57.5 Å². The molecule has 29 heavy (non-hydrogen) atoms. The first-order valence-electron chi connectivity index (χ1n) is 10.2. The van der Waals surface area contributed by atoms with E-state index in [1.54, 1.807) is 13.0 Å². The van der Waals surface area contributed by atoms with Crippen molar-refractivity contribution in [2.45, 2.75) is 51.5 Å². The lowest BCUT2D eigenvalue weighted by atomic mass is 10.0. The summed E-state index contributed by atoms with van der Waals surface area (Å²) in [5, 5.41) is 21.4. The Bertz CT molecular complexity index is 840. The number of carbonyl (C=O) groups excluding carboxylic acids is 1. The molecule has 156 valence electrons. The van der Waals surface area contributed by atoms with Crippen molar-refractivity contribution in [1.29, 1.82) is 0 Å². The predicted octanol–water partition coefficient (Wildman–Crippen LogP) is 1.19. The highest BCUT2D eigenvalue weighted by Crippen LogP contribution is 2.17. The minimum Gasteiger partial charge on any atom is -0.392 e. The summed E-state index contributed by atoms with van der Waals surface area (Å²) in [6, 6.07) is 6.22. The van der Waals surface area contributed by atoms with E-state index < -0.39 is 11.9 Å². The van der Waals surface area contributed by atoms with Crippen LogP contribution < -0.4 is 10.6 Å². The maximum absolute atomic E-state index is 13.6. The Morgan fingerprint density at radius 3 is 3.03 bits per heavy atom. The van der Waals surface area contributed by atoms with Gasteiger partial charge < -0.3 is 15.7 Å². The maximum atomic E-state index is 13.6. The summed E-state index contributed by atoms with van der Waals surface area (Å²) in [6.07, 6.45) is 1.02. The number of β-amino-alcohol motifs (C(OH)–C–C–N with tert-alkyl or cyclic N) is 1. The fraction of sp³-hybridized carbons (Fsp3) is 0.524. The molecular weight excluding hydrogens is 373 g/mol. The second-order valence-electron chi connectivity index (χ2n) is 8.15. The van der Waals surface area contributed by atoms with Gasteiger partial charge in [-0.1, -0.05) is 0 Å². The van der Waals surface area contributed by atoms with Crippen molar-refractivity contribution >= 4 is 5.91 Å². The van der Waals surface area contributed by atoms with Gasteiger partial charge in [0.1, 0.15) is 5.82 Å². The Hall–Kier alpha value is -2.29. The van der Waals surface area contributed by atoms with Gasteiger partial charge in [-0.25, -0.2) is 4.39 Å². The third kappa shape index (κ3) is 5.01. The van der Waals surface area contributed by atoms with Crippen LogP contribution in [0.5, 0.6) is 0 Å². The molecular formula is C21H28FN5O2. The van der Waals surface area contributed by atoms with Crippen molar-refractivity contribution in [2.75, 3.05) is 19.6 Å². The van der Waals surface area contributed by atoms with Gasteiger partial charge in [0.05, 0.1) is 17.5 Å². The lowest BCUT2D eigenvalue weighted by Gasteiger charge is -2.35. The number of hydrogen-bond donors (Lipinski definition) is 3. The molecule has 0 bridgehead atoms. The molecule has 2 aliphatic heterocycles. The van der Waals surface area contributed by atoms with E-state index in [2.05, 4.69) is 26.3 Å². The Balaban J connectivity index is 1.39. The molecule has 0 aliphatic carbocycles. The van der Waals surface area contributed by atoms with Gasteiger partial charge in [-0.05, 0) is 56.1 Å². The number of benzene rings is 1. The molecule has 2 atom stereocenters. The molecule has 0 unspecified atom stereocenters. The van der Waals surface area contributed by atoms with Gasteiger partial charge in [0.2, 0.25) is 0 Å². The van der Waals surface area contributed by atoms with Gasteiger partial charge in [0.15, 0.2) is 0 Å². The average Bonchev–Trinajstić information content (AvgIpc) is 2.88. The Labute approximate surface area is 169 Å². The van der Waals surface area contributed by atoms with Gasteiger partial charge in [0.25, 0.3) is 5.91 Å². The quantitative estimate of drug-likeness (QED) is 0.717. The summed E-state index contributed by atoms with van der Waals surface area (Å²) in [5.41, 5.74) is 3.17. The standard InChI is InChI=1S/C21H28FN5O2/c1-14-5-15(7-16(22)6-14)21(29)24-17-9-20(28)13-26(11-17)12-18-8-19-10-23-3-2-4-27(19)25-18/h5-8,17,20,23,28H,2-4,9-13H2,1H3,(H,24,29)/t17-,20+/m0/s1. The first kappa shape index (κ1) is 20.0. The molecule has 1 amide bonds. The third-order valence-electron chi connectivity index (χ3n) is 5.47. The van der Waals surface area contributed by atoms with E-state index in [1.165, 1.54) is 17.8 Å². The molecule has 1 saturated heterocycles. The van der Waals surface area contributed by atoms with Crippen LogP contribution in [0.4, 0.5) is 4.39 Å². The predicted molar refractivity (Wildman–Crippen MR) is 107 cm³/mol. The Morgan fingerprint density at radius 2 is 2.21 bits per heavy atom. The number of nitrogens with zero attached hydrogens (tertiary/aromatic N) is 3. The van der Waals surface area contributed by atoms with Gasteiger partial charge >= 0.3 is 0 Å². The number of amides is 1. The molecule has 0 radical (unpaired) electrons. The van der Waals surface area contributed by atoms with E-state index in [-0.39, 0.29) is 11.9 Å². The summed E-state index contributed by atoms with van der Waals surface area (Å²) < 4.78 is 15.7. The first-order chi connectivity index (χ1) is 14.0. The van der Waals surface area contributed by atoms with Crippen LogP contribution in [-0.2, 0) is 19.6 Å². The summed E-state index contributed by atoms with van der Waals surface area (Å²) in [4.78, 5) is 14.7. The summed E-state index contributed by atoms with van der Waals surface area (Å²) in [6.45, 7) is 6.29. The van der Waals surface area contributed by atoms with Crippen molar-refractivity contribution in [3.05, 3.63) is 52.6 Å². The van der Waals surface area contributed by atoms with E-state index in [1.807, 2.05) is 0 Å². The van der Waals surface area contributed by atoms with Crippen LogP contribution in [0, 0.1) is 12.7 Å². The van der Waals surface area contributed by atoms with Crippen molar-refractivity contribution < 1.29 is 14.3 Å². The molecule has 0 spiro atoms. The van der Waals surface area contributed by atoms with Crippen LogP contribution in [0.25, 0.3) is 0 Å². The number of nitrogens with one attached hydrogen (secondary N) is 2. The third-order valence-corrected chi connectivity index (χ3v) is 5.47. The average molecular weight is 401 g/mol. The monoisotopic (exact) mass is 401 g/mol. The van der Waals surface area contributed by atoms with E-state index in [4.69, 9.17) is 5.10 Å². The summed E-state index contributed by atoms with van der Waals surface area (Å²) in [7, 11) is 0. The number of halogens is 1. The lowest BCUT2D eigenvalue weighted by Crippen LogP contribution is -2.52. The highest BCUT2D eigenvalue weighted by atomic mass is 19.1. The highest BCUT2D eigenvalue weighted by molar-refractivity contribution is 5.94. The van der Waals surface area contributed by atoms with E-state index in [0.717, 1.165) is 31.7 Å². The fourth-order valence-corrected chi connectivity index (χ4v) is 4.26. The van der Waals surface area contributed by atoms with E-state index in [0.29, 0.717) is 37.2 Å². The minimum absolute atomic E-state index is 0.197. The number of aliphatic hydroxyl groups excluding tert-OH is 1. The largest absolute Gasteiger partial charge is 0.392 e. The lowest BCUT2D eigenvalue weighted by molar-refractivity contribution is 0.0453. The molecule has 0 saturated carbocycles. The van der Waals surface area contributed by atoms with Crippen LogP contribution in [0.2, 0.25) is 0 Å². The molecule has 3 heterocycles. The van der Waals surface area contributed by atoms with Crippen LogP contribution in [0.1, 0.15) is 40.2 Å². The zero-order chi connectivity index (χ0) is 20.4. The molecule has 3 N–H and O–H groups in total.